The first kappa shape index (κ1) is 20.1. The zero-order valence-electron chi connectivity index (χ0n) is 15.1. The summed E-state index contributed by atoms with van der Waals surface area (Å²) in [6.45, 7) is 7.13. The van der Waals surface area contributed by atoms with Gasteiger partial charge in [0.05, 0.1) is 15.4 Å². The standard InChI is InChI=1S/C18H22N2O5S/c1-4-25-11-5-10-19-17(21)15(16(18(19)22)26-12(2)3)13-6-8-14(9-7-13)20(23)24/h6-9,12H,4-5,10-11H2,1-3H3. The lowest BCUT2D eigenvalue weighted by molar-refractivity contribution is -0.384. The van der Waals surface area contributed by atoms with E-state index >= 15 is 0 Å². The lowest BCUT2D eigenvalue weighted by atomic mass is 10.1. The number of nitro benzene ring substituents is 1. The molecule has 0 fully saturated rings. The Labute approximate surface area is 156 Å². The Kier molecular flexibility index (Phi) is 6.93. The molecule has 0 radical (unpaired) electrons. The largest absolute Gasteiger partial charge is 0.382 e. The van der Waals surface area contributed by atoms with Gasteiger partial charge in [-0.05, 0) is 31.0 Å². The number of imide groups is 1. The summed E-state index contributed by atoms with van der Waals surface area (Å²) in [6, 6.07) is 5.72. The molecule has 140 valence electrons. The average Bonchev–Trinajstić information content (AvgIpc) is 2.82. The van der Waals surface area contributed by atoms with Crippen molar-refractivity contribution in [3.05, 3.63) is 44.8 Å². The quantitative estimate of drug-likeness (QED) is 0.284. The highest BCUT2D eigenvalue weighted by Crippen LogP contribution is 2.38. The number of carbonyl (C=O) groups is 2. The van der Waals surface area contributed by atoms with Gasteiger partial charge in [-0.3, -0.25) is 24.6 Å². The molecular weight excluding hydrogens is 356 g/mol. The SMILES string of the molecule is CCOCCCN1C(=O)C(SC(C)C)=C(c2ccc([N+](=O)[O-])cc2)C1=O. The summed E-state index contributed by atoms with van der Waals surface area (Å²) in [7, 11) is 0. The molecule has 1 aliphatic heterocycles. The van der Waals surface area contributed by atoms with Gasteiger partial charge in [0.25, 0.3) is 17.5 Å². The third-order valence-electron chi connectivity index (χ3n) is 3.72. The highest BCUT2D eigenvalue weighted by atomic mass is 32.2. The number of hydrogen-bond acceptors (Lipinski definition) is 6. The minimum absolute atomic E-state index is 0.0576. The Morgan fingerprint density at radius 1 is 1.19 bits per heavy atom. The first-order valence-electron chi connectivity index (χ1n) is 8.46. The van der Waals surface area contributed by atoms with E-state index in [9.17, 15) is 19.7 Å². The molecule has 0 saturated carbocycles. The second-order valence-corrected chi connectivity index (χ2v) is 7.57. The number of amides is 2. The van der Waals surface area contributed by atoms with Gasteiger partial charge in [0.2, 0.25) is 0 Å². The van der Waals surface area contributed by atoms with Gasteiger partial charge in [-0.25, -0.2) is 0 Å². The monoisotopic (exact) mass is 378 g/mol. The summed E-state index contributed by atoms with van der Waals surface area (Å²) in [5.41, 5.74) is 0.780. The summed E-state index contributed by atoms with van der Waals surface area (Å²) < 4.78 is 5.27. The van der Waals surface area contributed by atoms with Crippen LogP contribution in [0.4, 0.5) is 5.69 Å². The van der Waals surface area contributed by atoms with E-state index in [-0.39, 0.29) is 29.3 Å². The van der Waals surface area contributed by atoms with Gasteiger partial charge in [0.15, 0.2) is 0 Å². The smallest absolute Gasteiger partial charge is 0.269 e. The van der Waals surface area contributed by atoms with Crippen molar-refractivity contribution < 1.29 is 19.2 Å². The Morgan fingerprint density at radius 2 is 1.85 bits per heavy atom. The van der Waals surface area contributed by atoms with Gasteiger partial charge in [-0.15, -0.1) is 11.8 Å². The molecular formula is C18H22N2O5S. The molecule has 0 N–H and O–H groups in total. The minimum Gasteiger partial charge on any atom is -0.382 e. The number of nitrogens with zero attached hydrogens (tertiary/aromatic N) is 2. The third kappa shape index (κ3) is 4.50. The molecule has 1 aromatic rings. The molecule has 0 bridgehead atoms. The van der Waals surface area contributed by atoms with Crippen LogP contribution in [0.15, 0.2) is 29.2 Å². The summed E-state index contributed by atoms with van der Waals surface area (Å²) in [6.07, 6.45) is 0.568. The van der Waals surface area contributed by atoms with E-state index < -0.39 is 4.92 Å². The Balaban J connectivity index is 2.31. The molecule has 0 atom stereocenters. The topological polar surface area (TPSA) is 89.8 Å². The van der Waals surface area contributed by atoms with Gasteiger partial charge in [-0.2, -0.15) is 0 Å². The van der Waals surface area contributed by atoms with Crippen LogP contribution in [0.5, 0.6) is 0 Å². The number of thioether (sulfide) groups is 1. The van der Waals surface area contributed by atoms with Crippen LogP contribution in [-0.4, -0.2) is 46.6 Å². The lowest BCUT2D eigenvalue weighted by Gasteiger charge is -2.15. The maximum Gasteiger partial charge on any atom is 0.269 e. The molecule has 1 heterocycles. The van der Waals surface area contributed by atoms with Crippen LogP contribution < -0.4 is 0 Å². The summed E-state index contributed by atoms with van der Waals surface area (Å²) in [5, 5.41) is 11.0. The molecule has 26 heavy (non-hydrogen) atoms. The predicted octanol–water partition coefficient (Wildman–Crippen LogP) is 3.24. The Hall–Kier alpha value is -2.19. The van der Waals surface area contributed by atoms with Crippen molar-refractivity contribution in [1.82, 2.24) is 4.90 Å². The molecule has 0 saturated heterocycles. The van der Waals surface area contributed by atoms with Crippen LogP contribution in [0, 0.1) is 10.1 Å². The van der Waals surface area contributed by atoms with Crippen molar-refractivity contribution in [2.45, 2.75) is 32.4 Å². The van der Waals surface area contributed by atoms with Crippen LogP contribution in [0.1, 0.15) is 32.8 Å². The van der Waals surface area contributed by atoms with Gasteiger partial charge in [0.1, 0.15) is 0 Å². The van der Waals surface area contributed by atoms with Gasteiger partial charge < -0.3 is 4.74 Å². The van der Waals surface area contributed by atoms with E-state index in [1.165, 1.54) is 40.9 Å². The average molecular weight is 378 g/mol. The van der Waals surface area contributed by atoms with Crippen LogP contribution in [0.3, 0.4) is 0 Å². The normalized spacial score (nSPS) is 14.7. The molecule has 2 rings (SSSR count). The number of rotatable bonds is 9. The fourth-order valence-electron chi connectivity index (χ4n) is 2.58. The molecule has 7 nitrogen and oxygen atoms in total. The minimum atomic E-state index is -0.496. The molecule has 1 aromatic carbocycles. The van der Waals surface area contributed by atoms with Crippen molar-refractivity contribution in [1.29, 1.82) is 0 Å². The molecule has 0 unspecified atom stereocenters. The Morgan fingerprint density at radius 3 is 2.38 bits per heavy atom. The van der Waals surface area contributed by atoms with Crippen LogP contribution in [-0.2, 0) is 14.3 Å². The van der Waals surface area contributed by atoms with Gasteiger partial charge in [-0.1, -0.05) is 13.8 Å². The fourth-order valence-corrected chi connectivity index (χ4v) is 3.58. The zero-order chi connectivity index (χ0) is 19.3. The highest BCUT2D eigenvalue weighted by Gasteiger charge is 2.39. The van der Waals surface area contributed by atoms with Crippen molar-refractivity contribution >= 4 is 34.8 Å². The van der Waals surface area contributed by atoms with Crippen molar-refractivity contribution in [3.63, 3.8) is 0 Å². The van der Waals surface area contributed by atoms with E-state index in [1.54, 1.807) is 0 Å². The molecule has 1 aliphatic rings. The third-order valence-corrected chi connectivity index (χ3v) is 4.81. The van der Waals surface area contributed by atoms with Crippen molar-refractivity contribution in [2.24, 2.45) is 0 Å². The second kappa shape index (κ2) is 8.95. The Bertz CT molecular complexity index is 728. The molecule has 2 amide bonds. The van der Waals surface area contributed by atoms with Gasteiger partial charge >= 0.3 is 0 Å². The fraction of sp³-hybridized carbons (Fsp3) is 0.444. The number of ether oxygens (including phenoxy) is 1. The molecule has 0 aliphatic carbocycles. The summed E-state index contributed by atoms with van der Waals surface area (Å²) in [5.74, 6) is -0.665. The highest BCUT2D eigenvalue weighted by molar-refractivity contribution is 8.04. The maximum absolute atomic E-state index is 12.9. The number of nitro groups is 1. The maximum atomic E-state index is 12.9. The first-order chi connectivity index (χ1) is 12.4. The van der Waals surface area contributed by atoms with E-state index in [0.717, 1.165) is 0 Å². The van der Waals surface area contributed by atoms with Crippen molar-refractivity contribution in [3.8, 4) is 0 Å². The van der Waals surface area contributed by atoms with E-state index in [0.29, 0.717) is 35.7 Å². The molecule has 8 heteroatoms. The summed E-state index contributed by atoms with van der Waals surface area (Å²) >= 11 is 1.34. The van der Waals surface area contributed by atoms with Crippen molar-refractivity contribution in [2.75, 3.05) is 19.8 Å². The van der Waals surface area contributed by atoms with Crippen LogP contribution >= 0.6 is 11.8 Å². The van der Waals surface area contributed by atoms with E-state index in [2.05, 4.69) is 0 Å². The van der Waals surface area contributed by atoms with E-state index in [1.807, 2.05) is 20.8 Å². The number of non-ortho nitro benzene ring substituents is 1. The van der Waals surface area contributed by atoms with Crippen LogP contribution in [0.25, 0.3) is 5.57 Å². The summed E-state index contributed by atoms with van der Waals surface area (Å²) in [4.78, 5) is 37.6. The zero-order valence-corrected chi connectivity index (χ0v) is 15.9. The predicted molar refractivity (Wildman–Crippen MR) is 101 cm³/mol. The first-order valence-corrected chi connectivity index (χ1v) is 9.34. The molecule has 0 spiro atoms. The lowest BCUT2D eigenvalue weighted by Crippen LogP contribution is -2.33. The van der Waals surface area contributed by atoms with Crippen LogP contribution in [0.2, 0.25) is 0 Å². The van der Waals surface area contributed by atoms with Gasteiger partial charge in [0, 0.05) is 37.1 Å². The second-order valence-electron chi connectivity index (χ2n) is 5.99. The number of carbonyl (C=O) groups excluding carboxylic acids is 2. The molecule has 0 aromatic heterocycles. The number of benzene rings is 1. The number of hydrogen-bond donors (Lipinski definition) is 0. The van der Waals surface area contributed by atoms with E-state index in [4.69, 9.17) is 4.74 Å².